The first-order chi connectivity index (χ1) is 15.2. The fraction of sp³-hybridized carbons (Fsp3) is 0.417. The number of carbonyl (C=O) groups excluding carboxylic acids is 1. The Hall–Kier alpha value is -2.57. The normalized spacial score (nSPS) is 17.0. The first-order valence-corrected chi connectivity index (χ1v) is 11.3. The minimum atomic E-state index is 0.156. The average molecular weight is 440 g/mol. The molecule has 0 bridgehead atoms. The van der Waals surface area contributed by atoms with E-state index in [1.807, 2.05) is 41.3 Å². The van der Waals surface area contributed by atoms with Crippen LogP contribution < -0.4 is 0 Å². The number of amides is 1. The van der Waals surface area contributed by atoms with E-state index in [-0.39, 0.29) is 5.91 Å². The number of halogens is 1. The monoisotopic (exact) mass is 439 g/mol. The molecule has 0 aliphatic carbocycles. The quantitative estimate of drug-likeness (QED) is 0.623. The molecule has 6 nitrogen and oxygen atoms in total. The predicted molar refractivity (Wildman–Crippen MR) is 118 cm³/mol. The van der Waals surface area contributed by atoms with Crippen molar-refractivity contribution >= 4 is 17.5 Å². The van der Waals surface area contributed by atoms with E-state index in [0.29, 0.717) is 31.8 Å². The Labute approximate surface area is 186 Å². The van der Waals surface area contributed by atoms with Crippen molar-refractivity contribution < 1.29 is 13.9 Å². The van der Waals surface area contributed by atoms with Crippen LogP contribution in [0.3, 0.4) is 0 Å². The van der Waals surface area contributed by atoms with Gasteiger partial charge in [0.1, 0.15) is 11.5 Å². The van der Waals surface area contributed by atoms with Crippen molar-refractivity contribution in [3.63, 3.8) is 0 Å². The summed E-state index contributed by atoms with van der Waals surface area (Å²) in [7, 11) is 0. The molecule has 0 unspecified atom stereocenters. The van der Waals surface area contributed by atoms with Gasteiger partial charge >= 0.3 is 0 Å². The van der Waals surface area contributed by atoms with Crippen molar-refractivity contribution in [3.05, 3.63) is 64.5 Å². The van der Waals surface area contributed by atoms with E-state index in [0.717, 1.165) is 71.8 Å². The van der Waals surface area contributed by atoms with Crippen molar-refractivity contribution in [3.8, 4) is 11.3 Å². The summed E-state index contributed by atoms with van der Waals surface area (Å²) in [6.45, 7) is 2.76. The number of rotatable bonds is 5. The molecular weight excluding hydrogens is 414 g/mol. The van der Waals surface area contributed by atoms with Crippen molar-refractivity contribution in [2.75, 3.05) is 19.8 Å². The molecule has 1 aromatic carbocycles. The minimum absolute atomic E-state index is 0.156. The standard InChI is InChI=1S/C24H26ClN3O3/c25-18-3-1-16(2-4-18)20-7-5-19(26-20)6-8-23(29)28-12-9-22-21(15-28)27-24(31-22)17-10-13-30-14-11-17/h1-5,7,17,26H,6,8-15H2. The Balaban J connectivity index is 1.17. The van der Waals surface area contributed by atoms with E-state index in [9.17, 15) is 4.79 Å². The van der Waals surface area contributed by atoms with Gasteiger partial charge in [-0.05, 0) is 49.1 Å². The van der Waals surface area contributed by atoms with E-state index >= 15 is 0 Å². The summed E-state index contributed by atoms with van der Waals surface area (Å²) >= 11 is 5.97. The second-order valence-electron chi connectivity index (χ2n) is 8.28. The van der Waals surface area contributed by atoms with Gasteiger partial charge in [-0.15, -0.1) is 0 Å². The second-order valence-corrected chi connectivity index (χ2v) is 8.71. The van der Waals surface area contributed by atoms with Crippen molar-refractivity contribution in [1.29, 1.82) is 0 Å². The fourth-order valence-corrected chi connectivity index (χ4v) is 4.46. The van der Waals surface area contributed by atoms with Crippen molar-refractivity contribution in [1.82, 2.24) is 14.9 Å². The summed E-state index contributed by atoms with van der Waals surface area (Å²) in [4.78, 5) is 22.9. The maximum atomic E-state index is 12.8. The lowest BCUT2D eigenvalue weighted by atomic mass is 10.0. The molecule has 1 amide bonds. The van der Waals surface area contributed by atoms with E-state index in [4.69, 9.17) is 25.7 Å². The van der Waals surface area contributed by atoms with Gasteiger partial charge in [0, 0.05) is 54.9 Å². The lowest BCUT2D eigenvalue weighted by molar-refractivity contribution is -0.132. The number of nitrogens with zero attached hydrogens (tertiary/aromatic N) is 2. The number of aryl methyl sites for hydroxylation is 1. The molecular formula is C24H26ClN3O3. The van der Waals surface area contributed by atoms with E-state index in [1.54, 1.807) is 0 Å². The van der Waals surface area contributed by atoms with Crippen LogP contribution >= 0.6 is 11.6 Å². The molecule has 5 rings (SSSR count). The number of hydrogen-bond acceptors (Lipinski definition) is 4. The molecule has 2 aliphatic heterocycles. The summed E-state index contributed by atoms with van der Waals surface area (Å²) in [5, 5.41) is 0.720. The van der Waals surface area contributed by atoms with Gasteiger partial charge in [0.05, 0.1) is 6.54 Å². The molecule has 0 atom stereocenters. The largest absolute Gasteiger partial charge is 0.445 e. The third kappa shape index (κ3) is 4.55. The van der Waals surface area contributed by atoms with Crippen molar-refractivity contribution in [2.24, 2.45) is 0 Å². The molecule has 0 spiro atoms. The lowest BCUT2D eigenvalue weighted by Gasteiger charge is -2.25. The minimum Gasteiger partial charge on any atom is -0.445 e. The van der Waals surface area contributed by atoms with Crippen LogP contribution in [0, 0.1) is 0 Å². The number of fused-ring (bicyclic) bond motifs is 1. The van der Waals surface area contributed by atoms with Crippen LogP contribution in [0.5, 0.6) is 0 Å². The highest BCUT2D eigenvalue weighted by molar-refractivity contribution is 6.30. The Kier molecular flexibility index (Phi) is 5.83. The van der Waals surface area contributed by atoms with Gasteiger partial charge in [0.25, 0.3) is 0 Å². The Bertz CT molecular complexity index is 1050. The third-order valence-corrected chi connectivity index (χ3v) is 6.43. The zero-order chi connectivity index (χ0) is 21.2. The number of aromatic amines is 1. The number of hydrogen-bond donors (Lipinski definition) is 1. The zero-order valence-corrected chi connectivity index (χ0v) is 18.2. The van der Waals surface area contributed by atoms with Crippen LogP contribution in [-0.4, -0.2) is 40.5 Å². The molecule has 1 fully saturated rings. The van der Waals surface area contributed by atoms with Gasteiger partial charge in [-0.2, -0.15) is 0 Å². The Morgan fingerprint density at radius 2 is 1.97 bits per heavy atom. The van der Waals surface area contributed by atoms with Crippen LogP contribution in [0.25, 0.3) is 11.3 Å². The van der Waals surface area contributed by atoms with Crippen LogP contribution in [0.4, 0.5) is 0 Å². The molecule has 7 heteroatoms. The highest BCUT2D eigenvalue weighted by Crippen LogP contribution is 2.30. The lowest BCUT2D eigenvalue weighted by Crippen LogP contribution is -2.35. The van der Waals surface area contributed by atoms with Crippen LogP contribution in [-0.2, 0) is 28.9 Å². The molecule has 0 radical (unpaired) electrons. The number of benzene rings is 1. The van der Waals surface area contributed by atoms with Crippen LogP contribution in [0.1, 0.15) is 48.2 Å². The molecule has 2 aromatic heterocycles. The van der Waals surface area contributed by atoms with Crippen LogP contribution in [0.15, 0.2) is 40.8 Å². The number of aromatic nitrogens is 2. The first-order valence-electron chi connectivity index (χ1n) is 10.9. The molecule has 162 valence electrons. The number of ether oxygens (including phenoxy) is 1. The highest BCUT2D eigenvalue weighted by Gasteiger charge is 2.28. The second kappa shape index (κ2) is 8.89. The average Bonchev–Trinajstić information content (AvgIpc) is 3.45. The maximum Gasteiger partial charge on any atom is 0.223 e. The summed E-state index contributed by atoms with van der Waals surface area (Å²) < 4.78 is 11.5. The molecule has 2 aliphatic rings. The molecule has 31 heavy (non-hydrogen) atoms. The first kappa shape index (κ1) is 20.3. The van der Waals surface area contributed by atoms with E-state index in [2.05, 4.69) is 4.98 Å². The van der Waals surface area contributed by atoms with Gasteiger partial charge in [-0.3, -0.25) is 4.79 Å². The molecule has 3 aromatic rings. The van der Waals surface area contributed by atoms with Crippen LogP contribution in [0.2, 0.25) is 5.02 Å². The van der Waals surface area contributed by atoms with Crippen molar-refractivity contribution in [2.45, 2.75) is 44.6 Å². The zero-order valence-electron chi connectivity index (χ0n) is 17.4. The smallest absolute Gasteiger partial charge is 0.223 e. The maximum absolute atomic E-state index is 12.8. The molecule has 4 heterocycles. The fourth-order valence-electron chi connectivity index (χ4n) is 4.33. The Morgan fingerprint density at radius 3 is 2.77 bits per heavy atom. The third-order valence-electron chi connectivity index (χ3n) is 6.18. The topological polar surface area (TPSA) is 71.4 Å². The number of carbonyl (C=O) groups is 1. The summed E-state index contributed by atoms with van der Waals surface area (Å²) in [5.74, 6) is 2.27. The molecule has 0 saturated carbocycles. The SMILES string of the molecule is O=C(CCc1ccc(-c2ccc(Cl)cc2)[nH]1)N1CCc2oc(C3CCOCC3)nc2C1. The number of oxazole rings is 1. The van der Waals surface area contributed by atoms with Gasteiger partial charge < -0.3 is 19.0 Å². The predicted octanol–water partition coefficient (Wildman–Crippen LogP) is 4.73. The van der Waals surface area contributed by atoms with E-state index in [1.165, 1.54) is 0 Å². The van der Waals surface area contributed by atoms with Gasteiger partial charge in [0.15, 0.2) is 5.89 Å². The van der Waals surface area contributed by atoms with E-state index < -0.39 is 0 Å². The summed E-state index contributed by atoms with van der Waals surface area (Å²) in [5.41, 5.74) is 4.09. The van der Waals surface area contributed by atoms with Gasteiger partial charge in [0.2, 0.25) is 5.91 Å². The summed E-state index contributed by atoms with van der Waals surface area (Å²) in [6, 6.07) is 11.8. The molecule has 1 N–H and O–H groups in total. The van der Waals surface area contributed by atoms with Gasteiger partial charge in [-0.25, -0.2) is 4.98 Å². The van der Waals surface area contributed by atoms with Gasteiger partial charge in [-0.1, -0.05) is 23.7 Å². The number of nitrogens with one attached hydrogen (secondary N) is 1. The highest BCUT2D eigenvalue weighted by atomic mass is 35.5. The Morgan fingerprint density at radius 1 is 1.16 bits per heavy atom. The number of H-pyrrole nitrogens is 1. The summed E-state index contributed by atoms with van der Waals surface area (Å²) in [6.07, 6.45) is 3.80. The molecule has 1 saturated heterocycles.